The van der Waals surface area contributed by atoms with E-state index in [-0.39, 0.29) is 0 Å². The molecule has 0 unspecified atom stereocenters. The number of hydrogen-bond acceptors (Lipinski definition) is 4. The molecule has 16 heavy (non-hydrogen) atoms. The molecule has 1 fully saturated rings. The molecule has 1 aromatic heterocycles. The molecule has 4 heteroatoms. The van der Waals surface area contributed by atoms with Crippen LogP contribution >= 0.6 is 0 Å². The molecule has 1 aliphatic rings. The fourth-order valence-electron chi connectivity index (χ4n) is 2.64. The molecule has 0 saturated heterocycles. The molecule has 2 rings (SSSR count). The topological polar surface area (TPSA) is 51.0 Å². The van der Waals surface area contributed by atoms with Gasteiger partial charge in [-0.15, -0.1) is 0 Å². The number of nitrogens with one attached hydrogen (secondary N) is 1. The Labute approximate surface area is 96.8 Å². The van der Waals surface area contributed by atoms with Crippen LogP contribution in [0.15, 0.2) is 4.63 Å². The highest BCUT2D eigenvalue weighted by molar-refractivity contribution is 5.04. The third kappa shape index (κ3) is 2.43. The van der Waals surface area contributed by atoms with Gasteiger partial charge in [-0.05, 0) is 31.6 Å². The summed E-state index contributed by atoms with van der Waals surface area (Å²) in [4.78, 5) is 0. The Morgan fingerprint density at radius 2 is 2.06 bits per heavy atom. The van der Waals surface area contributed by atoms with Crippen molar-refractivity contribution in [1.82, 2.24) is 15.6 Å². The van der Waals surface area contributed by atoms with Crippen LogP contribution in [-0.4, -0.2) is 16.9 Å². The average molecular weight is 223 g/mol. The largest absolute Gasteiger partial charge is 0.310 e. The lowest BCUT2D eigenvalue weighted by Crippen LogP contribution is -2.31. The Morgan fingerprint density at radius 1 is 1.31 bits per heavy atom. The number of nitrogens with zero attached hydrogens (tertiary/aromatic N) is 2. The number of aromatic nitrogens is 2. The molecule has 0 aromatic carbocycles. The van der Waals surface area contributed by atoms with Gasteiger partial charge in [-0.1, -0.05) is 30.1 Å². The Hall–Kier alpha value is -0.900. The van der Waals surface area contributed by atoms with Crippen molar-refractivity contribution in [2.24, 2.45) is 5.41 Å². The van der Waals surface area contributed by atoms with Crippen molar-refractivity contribution in [1.29, 1.82) is 0 Å². The van der Waals surface area contributed by atoms with E-state index in [0.29, 0.717) is 5.41 Å². The van der Waals surface area contributed by atoms with E-state index in [0.717, 1.165) is 24.5 Å². The van der Waals surface area contributed by atoms with Crippen molar-refractivity contribution in [2.45, 2.75) is 52.5 Å². The zero-order chi connectivity index (χ0) is 11.4. The fraction of sp³-hybridized carbons (Fsp3) is 0.833. The first-order valence-corrected chi connectivity index (χ1v) is 6.24. The molecule has 0 amide bonds. The summed E-state index contributed by atoms with van der Waals surface area (Å²) < 4.78 is 4.68. The Balaban J connectivity index is 1.81. The average Bonchev–Trinajstić information content (AvgIpc) is 2.90. The predicted octanol–water partition coefficient (Wildman–Crippen LogP) is 2.44. The lowest BCUT2D eigenvalue weighted by Gasteiger charge is -2.27. The maximum Gasteiger partial charge on any atom is 0.121 e. The molecule has 1 heterocycles. The fourth-order valence-corrected chi connectivity index (χ4v) is 2.64. The van der Waals surface area contributed by atoms with Gasteiger partial charge in [-0.2, -0.15) is 0 Å². The van der Waals surface area contributed by atoms with E-state index in [4.69, 9.17) is 0 Å². The van der Waals surface area contributed by atoms with Gasteiger partial charge in [0.2, 0.25) is 0 Å². The molecular weight excluding hydrogens is 202 g/mol. The lowest BCUT2D eigenvalue weighted by atomic mass is 9.83. The molecule has 90 valence electrons. The normalized spacial score (nSPS) is 19.1. The summed E-state index contributed by atoms with van der Waals surface area (Å²) in [5.74, 6) is 0. The van der Waals surface area contributed by atoms with Crippen LogP contribution < -0.4 is 5.32 Å². The number of aryl methyl sites for hydroxylation is 1. The van der Waals surface area contributed by atoms with Crippen LogP contribution in [0.3, 0.4) is 0 Å². The van der Waals surface area contributed by atoms with Gasteiger partial charge >= 0.3 is 0 Å². The van der Waals surface area contributed by atoms with E-state index in [1.165, 1.54) is 32.1 Å². The van der Waals surface area contributed by atoms with E-state index >= 15 is 0 Å². The highest BCUT2D eigenvalue weighted by Gasteiger charge is 2.31. The molecule has 0 atom stereocenters. The zero-order valence-corrected chi connectivity index (χ0v) is 10.3. The minimum absolute atomic E-state index is 0.533. The molecule has 0 bridgehead atoms. The van der Waals surface area contributed by atoms with Crippen LogP contribution in [0.4, 0.5) is 0 Å². The summed E-state index contributed by atoms with van der Waals surface area (Å²) in [7, 11) is 0. The molecule has 0 spiro atoms. The third-order valence-electron chi connectivity index (χ3n) is 3.95. The second kappa shape index (κ2) is 4.95. The van der Waals surface area contributed by atoms with Gasteiger partial charge in [0.1, 0.15) is 11.4 Å². The van der Waals surface area contributed by atoms with Gasteiger partial charge in [-0.25, -0.2) is 4.63 Å². The summed E-state index contributed by atoms with van der Waals surface area (Å²) >= 11 is 0. The van der Waals surface area contributed by atoms with Crippen LogP contribution in [0, 0.1) is 12.3 Å². The second-order valence-corrected chi connectivity index (χ2v) is 4.96. The van der Waals surface area contributed by atoms with E-state index in [1.807, 2.05) is 6.92 Å². The van der Waals surface area contributed by atoms with E-state index in [1.54, 1.807) is 0 Å². The first-order valence-electron chi connectivity index (χ1n) is 6.24. The van der Waals surface area contributed by atoms with Gasteiger partial charge in [-0.3, -0.25) is 0 Å². The van der Waals surface area contributed by atoms with Gasteiger partial charge in [0.05, 0.1) is 0 Å². The molecule has 1 aliphatic carbocycles. The van der Waals surface area contributed by atoms with E-state index < -0.39 is 0 Å². The third-order valence-corrected chi connectivity index (χ3v) is 3.95. The summed E-state index contributed by atoms with van der Waals surface area (Å²) in [6.45, 7) is 6.10. The minimum atomic E-state index is 0.533. The Morgan fingerprint density at radius 3 is 2.62 bits per heavy atom. The predicted molar refractivity (Wildman–Crippen MR) is 61.9 cm³/mol. The quantitative estimate of drug-likeness (QED) is 0.833. The maximum absolute atomic E-state index is 4.68. The van der Waals surface area contributed by atoms with Crippen LogP contribution in [-0.2, 0) is 6.54 Å². The first kappa shape index (κ1) is 11.6. The van der Waals surface area contributed by atoms with Crippen LogP contribution in [0.25, 0.3) is 0 Å². The minimum Gasteiger partial charge on any atom is -0.310 e. The van der Waals surface area contributed by atoms with Crippen LogP contribution in [0.1, 0.15) is 50.4 Å². The Bertz CT molecular complexity index is 329. The zero-order valence-electron chi connectivity index (χ0n) is 10.3. The molecular formula is C12H21N3O. The molecule has 1 N–H and O–H groups in total. The summed E-state index contributed by atoms with van der Waals surface area (Å²) in [6.07, 6.45) is 6.79. The van der Waals surface area contributed by atoms with Crippen LogP contribution in [0.5, 0.6) is 0 Å². The molecule has 1 aromatic rings. The number of rotatable bonds is 5. The first-order chi connectivity index (χ1) is 7.76. The highest BCUT2D eigenvalue weighted by Crippen LogP contribution is 2.40. The van der Waals surface area contributed by atoms with Crippen molar-refractivity contribution in [3.63, 3.8) is 0 Å². The van der Waals surface area contributed by atoms with E-state index in [9.17, 15) is 0 Å². The van der Waals surface area contributed by atoms with Crippen molar-refractivity contribution >= 4 is 0 Å². The molecule has 0 radical (unpaired) electrons. The SMILES string of the molecule is CCC1(CNCc2nonc2C)CCCC1. The summed E-state index contributed by atoms with van der Waals surface area (Å²) in [5.41, 5.74) is 2.36. The second-order valence-electron chi connectivity index (χ2n) is 4.96. The van der Waals surface area contributed by atoms with E-state index in [2.05, 4.69) is 27.2 Å². The van der Waals surface area contributed by atoms with Gasteiger partial charge in [0, 0.05) is 13.1 Å². The monoisotopic (exact) mass is 223 g/mol. The smallest absolute Gasteiger partial charge is 0.121 e. The van der Waals surface area contributed by atoms with Crippen LogP contribution in [0.2, 0.25) is 0 Å². The van der Waals surface area contributed by atoms with Crippen molar-refractivity contribution in [3.8, 4) is 0 Å². The van der Waals surface area contributed by atoms with Gasteiger partial charge in [0.25, 0.3) is 0 Å². The van der Waals surface area contributed by atoms with Gasteiger partial charge in [0.15, 0.2) is 0 Å². The molecule has 1 saturated carbocycles. The number of hydrogen-bond donors (Lipinski definition) is 1. The summed E-state index contributed by atoms with van der Waals surface area (Å²) in [6, 6.07) is 0. The standard InChI is InChI=1S/C12H21N3O/c1-3-12(6-4-5-7-12)9-13-8-11-10(2)14-16-15-11/h13H,3-9H2,1-2H3. The summed E-state index contributed by atoms with van der Waals surface area (Å²) in [5, 5.41) is 11.2. The van der Waals surface area contributed by atoms with Gasteiger partial charge < -0.3 is 5.32 Å². The van der Waals surface area contributed by atoms with Crippen molar-refractivity contribution in [2.75, 3.05) is 6.54 Å². The molecule has 4 nitrogen and oxygen atoms in total. The van der Waals surface area contributed by atoms with Crippen molar-refractivity contribution < 1.29 is 4.63 Å². The lowest BCUT2D eigenvalue weighted by molar-refractivity contribution is 0.265. The maximum atomic E-state index is 4.68. The Kier molecular flexibility index (Phi) is 3.59. The van der Waals surface area contributed by atoms with Crippen molar-refractivity contribution in [3.05, 3.63) is 11.4 Å². The molecule has 0 aliphatic heterocycles. The highest BCUT2D eigenvalue weighted by atomic mass is 16.6.